The number of aliphatic hydroxyl groups is 1. The Morgan fingerprint density at radius 3 is 2.65 bits per heavy atom. The van der Waals surface area contributed by atoms with E-state index < -0.39 is 6.10 Å². The summed E-state index contributed by atoms with van der Waals surface area (Å²) < 4.78 is 16.6. The second-order valence-electron chi connectivity index (χ2n) is 7.25. The summed E-state index contributed by atoms with van der Waals surface area (Å²) in [6.45, 7) is 7.46. The number of ether oxygens (including phenoxy) is 3. The number of methoxy groups -OCH3 is 1. The van der Waals surface area contributed by atoms with Crippen LogP contribution in [0.1, 0.15) is 32.3 Å². The van der Waals surface area contributed by atoms with Crippen LogP contribution in [0.3, 0.4) is 0 Å². The van der Waals surface area contributed by atoms with Gasteiger partial charge in [-0.25, -0.2) is 0 Å². The molecule has 1 atom stereocenters. The van der Waals surface area contributed by atoms with Crippen LogP contribution in [0.25, 0.3) is 0 Å². The fourth-order valence-electron chi connectivity index (χ4n) is 2.89. The highest BCUT2D eigenvalue weighted by atomic mass is 16.5. The number of nitrogens with one attached hydrogen (secondary N) is 1. The topological polar surface area (TPSA) is 63.2 Å². The minimum atomic E-state index is -0.545. The Morgan fingerprint density at radius 2 is 2.00 bits per heavy atom. The van der Waals surface area contributed by atoms with Crippen LogP contribution in [-0.4, -0.2) is 68.7 Å². The molecule has 1 aromatic carbocycles. The highest BCUT2D eigenvalue weighted by Gasteiger charge is 2.15. The van der Waals surface area contributed by atoms with Crippen LogP contribution in [-0.2, 0) is 11.3 Å². The molecule has 6 nitrogen and oxygen atoms in total. The molecule has 0 radical (unpaired) electrons. The van der Waals surface area contributed by atoms with E-state index in [0.29, 0.717) is 30.1 Å². The van der Waals surface area contributed by atoms with Gasteiger partial charge >= 0.3 is 0 Å². The molecule has 0 aliphatic carbocycles. The van der Waals surface area contributed by atoms with Gasteiger partial charge in [0.1, 0.15) is 12.7 Å². The van der Waals surface area contributed by atoms with Crippen LogP contribution in [0.2, 0.25) is 0 Å². The Hall–Kier alpha value is -1.34. The van der Waals surface area contributed by atoms with Gasteiger partial charge in [0.25, 0.3) is 0 Å². The van der Waals surface area contributed by atoms with Crippen molar-refractivity contribution < 1.29 is 19.3 Å². The molecule has 0 aromatic heterocycles. The van der Waals surface area contributed by atoms with Gasteiger partial charge in [0.2, 0.25) is 0 Å². The van der Waals surface area contributed by atoms with Gasteiger partial charge in [-0.05, 0) is 51.4 Å². The minimum Gasteiger partial charge on any atom is -0.493 e. The van der Waals surface area contributed by atoms with Crippen LogP contribution in [0, 0.1) is 0 Å². The Bertz CT molecular complexity index is 533. The van der Waals surface area contributed by atoms with E-state index in [2.05, 4.69) is 24.1 Å². The lowest BCUT2D eigenvalue weighted by Crippen LogP contribution is -2.37. The Kier molecular flexibility index (Phi) is 8.65. The van der Waals surface area contributed by atoms with Crippen LogP contribution in [0.5, 0.6) is 11.5 Å². The summed E-state index contributed by atoms with van der Waals surface area (Å²) >= 11 is 0. The van der Waals surface area contributed by atoms with Crippen molar-refractivity contribution in [1.82, 2.24) is 10.2 Å². The second-order valence-corrected chi connectivity index (χ2v) is 7.25. The number of likely N-dealkylation sites (N-methyl/N-ethyl adjacent to an activating group) is 1. The fraction of sp³-hybridized carbons (Fsp3) is 0.700. The largest absolute Gasteiger partial charge is 0.493 e. The fourth-order valence-corrected chi connectivity index (χ4v) is 2.89. The molecule has 26 heavy (non-hydrogen) atoms. The van der Waals surface area contributed by atoms with E-state index in [1.54, 1.807) is 7.11 Å². The molecular weight excluding hydrogens is 332 g/mol. The molecule has 1 fully saturated rings. The Balaban J connectivity index is 1.89. The van der Waals surface area contributed by atoms with E-state index in [0.717, 1.165) is 38.2 Å². The van der Waals surface area contributed by atoms with Crippen LogP contribution < -0.4 is 14.8 Å². The van der Waals surface area contributed by atoms with Crippen molar-refractivity contribution in [3.63, 3.8) is 0 Å². The summed E-state index contributed by atoms with van der Waals surface area (Å²) in [5, 5.41) is 13.8. The third-order valence-electron chi connectivity index (χ3n) is 4.86. The van der Waals surface area contributed by atoms with Crippen LogP contribution in [0.15, 0.2) is 18.2 Å². The first-order valence-corrected chi connectivity index (χ1v) is 9.48. The standard InChI is InChI=1S/C20H34N2O4/c1-15(2)22(3)13-18(23)14-26-20-11-16(5-6-19(20)24-4)12-21-17-7-9-25-10-8-17/h5-6,11,15,17-18,21,23H,7-10,12-14H2,1-4H3. The van der Waals surface area contributed by atoms with Crippen molar-refractivity contribution >= 4 is 0 Å². The van der Waals surface area contributed by atoms with Gasteiger partial charge in [0.15, 0.2) is 11.5 Å². The van der Waals surface area contributed by atoms with Gasteiger partial charge in [-0.1, -0.05) is 6.07 Å². The SMILES string of the molecule is COc1ccc(CNC2CCOCC2)cc1OCC(O)CN(C)C(C)C. The average molecular weight is 367 g/mol. The zero-order valence-electron chi connectivity index (χ0n) is 16.5. The van der Waals surface area contributed by atoms with Crippen molar-refractivity contribution in [2.45, 2.75) is 51.4 Å². The van der Waals surface area contributed by atoms with Crippen molar-refractivity contribution in [1.29, 1.82) is 0 Å². The molecule has 2 N–H and O–H groups in total. The van der Waals surface area contributed by atoms with Crippen LogP contribution in [0.4, 0.5) is 0 Å². The number of aliphatic hydroxyl groups excluding tert-OH is 1. The van der Waals surface area contributed by atoms with E-state index in [9.17, 15) is 5.11 Å². The lowest BCUT2D eigenvalue weighted by atomic mass is 10.1. The third-order valence-corrected chi connectivity index (χ3v) is 4.86. The summed E-state index contributed by atoms with van der Waals surface area (Å²) in [5.41, 5.74) is 1.14. The predicted molar refractivity (Wildman–Crippen MR) is 103 cm³/mol. The van der Waals surface area contributed by atoms with Crippen molar-refractivity contribution in [2.75, 3.05) is 40.5 Å². The normalized spacial score (nSPS) is 16.9. The Morgan fingerprint density at radius 1 is 1.27 bits per heavy atom. The smallest absolute Gasteiger partial charge is 0.161 e. The minimum absolute atomic E-state index is 0.240. The van der Waals surface area contributed by atoms with Gasteiger partial charge in [0.05, 0.1) is 7.11 Å². The maximum atomic E-state index is 10.2. The Labute approximate surface area is 157 Å². The maximum Gasteiger partial charge on any atom is 0.161 e. The van der Waals surface area contributed by atoms with Gasteiger partial charge in [-0.2, -0.15) is 0 Å². The summed E-state index contributed by atoms with van der Waals surface area (Å²) in [6, 6.07) is 6.84. The molecule has 6 heteroatoms. The summed E-state index contributed by atoms with van der Waals surface area (Å²) in [6.07, 6.45) is 1.56. The van der Waals surface area contributed by atoms with E-state index in [4.69, 9.17) is 14.2 Å². The first-order valence-electron chi connectivity index (χ1n) is 9.48. The molecule has 1 heterocycles. The van der Waals surface area contributed by atoms with E-state index >= 15 is 0 Å². The monoisotopic (exact) mass is 366 g/mol. The predicted octanol–water partition coefficient (Wildman–Crippen LogP) is 2.04. The number of nitrogens with zero attached hydrogens (tertiary/aromatic N) is 1. The third kappa shape index (κ3) is 6.76. The highest BCUT2D eigenvalue weighted by Crippen LogP contribution is 2.28. The summed E-state index contributed by atoms with van der Waals surface area (Å²) in [4.78, 5) is 2.10. The van der Waals surface area contributed by atoms with Crippen molar-refractivity contribution in [3.8, 4) is 11.5 Å². The van der Waals surface area contributed by atoms with Gasteiger partial charge < -0.3 is 29.5 Å². The number of benzene rings is 1. The molecule has 1 aliphatic heterocycles. The zero-order chi connectivity index (χ0) is 18.9. The molecule has 1 aliphatic rings. The maximum absolute atomic E-state index is 10.2. The second kappa shape index (κ2) is 10.7. The average Bonchev–Trinajstić information content (AvgIpc) is 2.65. The first kappa shape index (κ1) is 21.0. The number of hydrogen-bond donors (Lipinski definition) is 2. The van der Waals surface area contributed by atoms with Gasteiger partial charge in [0, 0.05) is 38.4 Å². The summed E-state index contributed by atoms with van der Waals surface area (Å²) in [5.74, 6) is 1.36. The van der Waals surface area contributed by atoms with Crippen molar-refractivity contribution in [3.05, 3.63) is 23.8 Å². The highest BCUT2D eigenvalue weighted by molar-refractivity contribution is 5.43. The number of rotatable bonds is 10. The molecule has 1 saturated heterocycles. The quantitative estimate of drug-likeness (QED) is 0.661. The lowest BCUT2D eigenvalue weighted by Gasteiger charge is -2.24. The molecule has 0 amide bonds. The molecule has 0 bridgehead atoms. The van der Waals surface area contributed by atoms with Crippen molar-refractivity contribution in [2.24, 2.45) is 0 Å². The van der Waals surface area contributed by atoms with Crippen LogP contribution >= 0.6 is 0 Å². The lowest BCUT2D eigenvalue weighted by molar-refractivity contribution is 0.0668. The molecule has 0 spiro atoms. The molecule has 148 valence electrons. The molecule has 0 saturated carbocycles. The van der Waals surface area contributed by atoms with Gasteiger partial charge in [-0.15, -0.1) is 0 Å². The summed E-state index contributed by atoms with van der Waals surface area (Å²) in [7, 11) is 3.63. The number of hydrogen-bond acceptors (Lipinski definition) is 6. The molecule has 2 rings (SSSR count). The molecule has 1 aromatic rings. The van der Waals surface area contributed by atoms with E-state index in [-0.39, 0.29) is 6.61 Å². The first-order chi connectivity index (χ1) is 12.5. The zero-order valence-corrected chi connectivity index (χ0v) is 16.5. The van der Waals surface area contributed by atoms with E-state index in [1.807, 2.05) is 25.2 Å². The van der Waals surface area contributed by atoms with E-state index in [1.165, 1.54) is 0 Å². The van der Waals surface area contributed by atoms with Gasteiger partial charge in [-0.3, -0.25) is 0 Å². The molecule has 1 unspecified atom stereocenters. The molecular formula is C20H34N2O4.